The van der Waals surface area contributed by atoms with Crippen LogP contribution in [0.3, 0.4) is 0 Å². The number of hydrogen-bond acceptors (Lipinski definition) is 2. The third-order valence-corrected chi connectivity index (χ3v) is 3.83. The Morgan fingerprint density at radius 3 is 2.45 bits per heavy atom. The van der Waals surface area contributed by atoms with E-state index in [2.05, 4.69) is 41.4 Å². The predicted octanol–water partition coefficient (Wildman–Crippen LogP) is 4.97. The fourth-order valence-electron chi connectivity index (χ4n) is 2.72. The van der Waals surface area contributed by atoms with Crippen LogP contribution in [0.4, 0.5) is 0 Å². The van der Waals surface area contributed by atoms with Crippen LogP contribution in [0.1, 0.15) is 5.56 Å². The van der Waals surface area contributed by atoms with Crippen LogP contribution in [0.5, 0.6) is 5.75 Å². The molecule has 0 aliphatic carbocycles. The van der Waals surface area contributed by atoms with Gasteiger partial charge in [-0.25, -0.2) is 0 Å². The summed E-state index contributed by atoms with van der Waals surface area (Å²) in [7, 11) is 0. The molecule has 0 amide bonds. The Morgan fingerprint density at radius 1 is 0.727 bits per heavy atom. The zero-order valence-electron chi connectivity index (χ0n) is 12.1. The first kappa shape index (κ1) is 12.8. The predicted molar refractivity (Wildman–Crippen MR) is 90.0 cm³/mol. The summed E-state index contributed by atoms with van der Waals surface area (Å²) >= 11 is 0. The average molecular weight is 285 g/mol. The molecule has 0 fully saturated rings. The lowest BCUT2D eigenvalue weighted by atomic mass is 10.1. The number of benzene rings is 3. The minimum Gasteiger partial charge on any atom is -0.488 e. The summed E-state index contributed by atoms with van der Waals surface area (Å²) in [6, 6.07) is 24.6. The van der Waals surface area contributed by atoms with Crippen LogP contribution in [0.2, 0.25) is 0 Å². The monoisotopic (exact) mass is 285 g/mol. The Labute approximate surface area is 129 Å². The zero-order chi connectivity index (χ0) is 14.8. The van der Waals surface area contributed by atoms with Gasteiger partial charge in [0, 0.05) is 17.0 Å². The first-order valence-electron chi connectivity index (χ1n) is 7.35. The second-order valence-corrected chi connectivity index (χ2v) is 5.27. The fourth-order valence-corrected chi connectivity index (χ4v) is 2.72. The quantitative estimate of drug-likeness (QED) is 0.496. The maximum Gasteiger partial charge on any atom is 0.130 e. The Morgan fingerprint density at radius 2 is 1.55 bits per heavy atom. The molecule has 0 atom stereocenters. The fraction of sp³-hybridized carbons (Fsp3) is 0.0500. The van der Waals surface area contributed by atoms with Gasteiger partial charge in [0.05, 0.1) is 5.52 Å². The molecule has 4 aromatic rings. The molecule has 1 aromatic heterocycles. The molecule has 0 bridgehead atoms. The highest BCUT2D eigenvalue weighted by Gasteiger charge is 2.06. The summed E-state index contributed by atoms with van der Waals surface area (Å²) < 4.78 is 6.01. The molecule has 0 saturated carbocycles. The minimum atomic E-state index is 0.562. The minimum absolute atomic E-state index is 0.562. The van der Waals surface area contributed by atoms with Gasteiger partial charge in [0.25, 0.3) is 0 Å². The highest BCUT2D eigenvalue weighted by atomic mass is 16.5. The average Bonchev–Trinajstić information content (AvgIpc) is 2.60. The molecule has 2 nitrogen and oxygen atoms in total. The molecule has 0 aliphatic rings. The molecule has 0 saturated heterocycles. The number of aromatic nitrogens is 1. The second kappa shape index (κ2) is 5.49. The lowest BCUT2D eigenvalue weighted by molar-refractivity contribution is 0.310. The van der Waals surface area contributed by atoms with Crippen molar-refractivity contribution in [3.05, 3.63) is 84.6 Å². The number of rotatable bonds is 3. The molecular formula is C20H15NO. The highest BCUT2D eigenvalue weighted by Crippen LogP contribution is 2.30. The van der Waals surface area contributed by atoms with Gasteiger partial charge in [-0.2, -0.15) is 0 Å². The lowest BCUT2D eigenvalue weighted by Gasteiger charge is -2.10. The van der Waals surface area contributed by atoms with E-state index in [1.54, 1.807) is 0 Å². The molecular weight excluding hydrogens is 270 g/mol. The van der Waals surface area contributed by atoms with Crippen molar-refractivity contribution in [1.29, 1.82) is 0 Å². The summed E-state index contributed by atoms with van der Waals surface area (Å²) in [5, 5.41) is 3.41. The van der Waals surface area contributed by atoms with Gasteiger partial charge in [-0.05, 0) is 23.1 Å². The van der Waals surface area contributed by atoms with Crippen LogP contribution >= 0.6 is 0 Å². The van der Waals surface area contributed by atoms with Crippen LogP contribution in [-0.4, -0.2) is 4.98 Å². The van der Waals surface area contributed by atoms with Gasteiger partial charge in [0.15, 0.2) is 0 Å². The second-order valence-electron chi connectivity index (χ2n) is 5.27. The number of pyridine rings is 1. The normalized spacial score (nSPS) is 10.9. The Kier molecular flexibility index (Phi) is 3.20. The smallest absolute Gasteiger partial charge is 0.130 e. The summed E-state index contributed by atoms with van der Waals surface area (Å²) in [5.41, 5.74) is 2.15. The molecule has 0 unspecified atom stereocenters. The van der Waals surface area contributed by atoms with Crippen LogP contribution < -0.4 is 4.74 Å². The van der Waals surface area contributed by atoms with Crippen LogP contribution in [0.25, 0.3) is 21.7 Å². The van der Waals surface area contributed by atoms with E-state index in [9.17, 15) is 0 Å². The Balaban J connectivity index is 1.76. The summed E-state index contributed by atoms with van der Waals surface area (Å²) in [5.74, 6) is 0.875. The van der Waals surface area contributed by atoms with Gasteiger partial charge < -0.3 is 4.74 Å². The molecule has 3 aromatic carbocycles. The van der Waals surface area contributed by atoms with Crippen molar-refractivity contribution in [1.82, 2.24) is 4.98 Å². The number of nitrogens with zero attached hydrogens (tertiary/aromatic N) is 1. The number of fused-ring (bicyclic) bond motifs is 3. The van der Waals surface area contributed by atoms with E-state index in [1.807, 2.05) is 42.6 Å². The van der Waals surface area contributed by atoms with Crippen molar-refractivity contribution in [2.45, 2.75) is 6.61 Å². The van der Waals surface area contributed by atoms with E-state index in [-0.39, 0.29) is 0 Å². The summed E-state index contributed by atoms with van der Waals surface area (Å²) in [4.78, 5) is 4.55. The largest absolute Gasteiger partial charge is 0.488 e. The number of hydrogen-bond donors (Lipinski definition) is 0. The maximum absolute atomic E-state index is 6.01. The molecule has 0 spiro atoms. The number of ether oxygens (including phenoxy) is 1. The van der Waals surface area contributed by atoms with E-state index in [0.29, 0.717) is 6.61 Å². The molecule has 106 valence electrons. The van der Waals surface area contributed by atoms with Crippen molar-refractivity contribution in [3.8, 4) is 5.75 Å². The molecule has 0 radical (unpaired) electrons. The topological polar surface area (TPSA) is 22.1 Å². The van der Waals surface area contributed by atoms with Crippen molar-refractivity contribution in [2.75, 3.05) is 0 Å². The van der Waals surface area contributed by atoms with Crippen molar-refractivity contribution in [3.63, 3.8) is 0 Å². The molecule has 22 heavy (non-hydrogen) atoms. The molecule has 0 N–H and O–H groups in total. The van der Waals surface area contributed by atoms with Gasteiger partial charge in [-0.15, -0.1) is 0 Å². The van der Waals surface area contributed by atoms with Gasteiger partial charge in [0.2, 0.25) is 0 Å². The molecule has 2 heteroatoms. The SMILES string of the molecule is c1ccc(COc2ccnc3c2ccc2ccccc23)cc1. The first-order valence-corrected chi connectivity index (χ1v) is 7.35. The Hall–Kier alpha value is -2.87. The third kappa shape index (κ3) is 2.29. The van der Waals surface area contributed by atoms with Crippen LogP contribution in [0.15, 0.2) is 79.0 Å². The van der Waals surface area contributed by atoms with Crippen LogP contribution in [0, 0.1) is 0 Å². The zero-order valence-corrected chi connectivity index (χ0v) is 12.1. The maximum atomic E-state index is 6.01. The first-order chi connectivity index (χ1) is 10.9. The van der Waals surface area contributed by atoms with Crippen molar-refractivity contribution in [2.24, 2.45) is 0 Å². The molecule has 0 aliphatic heterocycles. The highest BCUT2D eigenvalue weighted by molar-refractivity contribution is 6.06. The van der Waals surface area contributed by atoms with Gasteiger partial charge >= 0.3 is 0 Å². The summed E-state index contributed by atoms with van der Waals surface area (Å²) in [6.45, 7) is 0.562. The molecule has 1 heterocycles. The van der Waals surface area contributed by atoms with E-state index in [1.165, 1.54) is 5.39 Å². The van der Waals surface area contributed by atoms with Crippen molar-refractivity contribution >= 4 is 21.7 Å². The van der Waals surface area contributed by atoms with E-state index in [4.69, 9.17) is 4.74 Å². The van der Waals surface area contributed by atoms with Gasteiger partial charge in [0.1, 0.15) is 12.4 Å². The lowest BCUT2D eigenvalue weighted by Crippen LogP contribution is -1.96. The van der Waals surface area contributed by atoms with E-state index < -0.39 is 0 Å². The van der Waals surface area contributed by atoms with E-state index in [0.717, 1.165) is 27.6 Å². The van der Waals surface area contributed by atoms with E-state index >= 15 is 0 Å². The van der Waals surface area contributed by atoms with Crippen LogP contribution in [-0.2, 0) is 6.61 Å². The Bertz CT molecular complexity index is 932. The van der Waals surface area contributed by atoms with Gasteiger partial charge in [-0.3, -0.25) is 4.98 Å². The summed E-state index contributed by atoms with van der Waals surface area (Å²) in [6.07, 6.45) is 1.81. The third-order valence-electron chi connectivity index (χ3n) is 3.83. The molecule has 4 rings (SSSR count). The van der Waals surface area contributed by atoms with Crippen molar-refractivity contribution < 1.29 is 4.74 Å². The van der Waals surface area contributed by atoms with Gasteiger partial charge in [-0.1, -0.05) is 60.7 Å². The standard InChI is InChI=1S/C20H15NO/c1-2-6-15(7-3-1)14-22-19-12-13-21-20-17-9-5-4-8-16(17)10-11-18(19)20/h1-13H,14H2.